The number of fused-ring (bicyclic) bond motifs is 5. The van der Waals surface area contributed by atoms with Gasteiger partial charge in [0.15, 0.2) is 0 Å². The molecule has 0 radical (unpaired) electrons. The molecule has 29 heavy (non-hydrogen) atoms. The van der Waals surface area contributed by atoms with Crippen molar-refractivity contribution in [2.45, 2.75) is 20.3 Å². The van der Waals surface area contributed by atoms with Gasteiger partial charge in [0.05, 0.1) is 17.5 Å². The van der Waals surface area contributed by atoms with Crippen LogP contribution in [0.2, 0.25) is 0 Å². The summed E-state index contributed by atoms with van der Waals surface area (Å²) in [5.74, 6) is -0.491. The molecule has 2 bridgehead atoms. The molecule has 0 aromatic heterocycles. The summed E-state index contributed by atoms with van der Waals surface area (Å²) in [5.41, 5.74) is 3.94. The van der Waals surface area contributed by atoms with Crippen LogP contribution < -0.4 is 10.2 Å². The molecule has 5 heteroatoms. The summed E-state index contributed by atoms with van der Waals surface area (Å²) in [4.78, 5) is 39.8. The lowest BCUT2D eigenvalue weighted by Gasteiger charge is -2.17. The van der Waals surface area contributed by atoms with Crippen molar-refractivity contribution in [3.63, 3.8) is 0 Å². The summed E-state index contributed by atoms with van der Waals surface area (Å²) in [7, 11) is 0. The summed E-state index contributed by atoms with van der Waals surface area (Å²) in [6.45, 7) is 3.97. The molecule has 1 heterocycles. The Kier molecular flexibility index (Phi) is 3.95. The van der Waals surface area contributed by atoms with Crippen molar-refractivity contribution in [1.29, 1.82) is 0 Å². The molecule has 146 valence electrons. The third kappa shape index (κ3) is 2.64. The van der Waals surface area contributed by atoms with Crippen molar-refractivity contribution >= 4 is 29.1 Å². The van der Waals surface area contributed by atoms with Gasteiger partial charge in [0, 0.05) is 11.3 Å². The van der Waals surface area contributed by atoms with E-state index in [1.807, 2.05) is 32.0 Å². The first kappa shape index (κ1) is 17.9. The van der Waals surface area contributed by atoms with Crippen molar-refractivity contribution in [3.8, 4) is 0 Å². The Hall–Kier alpha value is -3.21. The normalized spacial score (nSPS) is 26.9. The molecule has 0 unspecified atom stereocenters. The average Bonchev–Trinajstić information content (AvgIpc) is 3.39. The van der Waals surface area contributed by atoms with Gasteiger partial charge in [0.2, 0.25) is 11.8 Å². The maximum atomic E-state index is 12.9. The second-order valence-corrected chi connectivity index (χ2v) is 8.26. The van der Waals surface area contributed by atoms with Gasteiger partial charge in [-0.1, -0.05) is 24.3 Å². The van der Waals surface area contributed by atoms with Gasteiger partial charge in [-0.05, 0) is 73.6 Å². The summed E-state index contributed by atoms with van der Waals surface area (Å²) in [5, 5.41) is 2.93. The monoisotopic (exact) mass is 386 g/mol. The molecular formula is C24H22N2O3. The van der Waals surface area contributed by atoms with Crippen LogP contribution in [0.25, 0.3) is 0 Å². The summed E-state index contributed by atoms with van der Waals surface area (Å²) in [6, 6.07) is 12.5. The average molecular weight is 386 g/mol. The zero-order valence-electron chi connectivity index (χ0n) is 16.4. The second-order valence-electron chi connectivity index (χ2n) is 8.26. The maximum Gasteiger partial charge on any atom is 0.255 e. The molecule has 1 saturated heterocycles. The molecule has 3 aliphatic rings. The number of amides is 3. The van der Waals surface area contributed by atoms with E-state index in [1.165, 1.54) is 4.90 Å². The molecule has 1 saturated carbocycles. The van der Waals surface area contributed by atoms with Crippen LogP contribution in [0.15, 0.2) is 54.6 Å². The van der Waals surface area contributed by atoms with Gasteiger partial charge in [-0.15, -0.1) is 0 Å². The molecule has 1 N–H and O–H groups in total. The summed E-state index contributed by atoms with van der Waals surface area (Å²) < 4.78 is 0. The maximum absolute atomic E-state index is 12.9. The van der Waals surface area contributed by atoms with Gasteiger partial charge >= 0.3 is 0 Å². The molecule has 0 spiro atoms. The first-order valence-electron chi connectivity index (χ1n) is 9.99. The van der Waals surface area contributed by atoms with E-state index >= 15 is 0 Å². The van der Waals surface area contributed by atoms with Crippen LogP contribution in [0, 0.1) is 37.5 Å². The van der Waals surface area contributed by atoms with Crippen molar-refractivity contribution < 1.29 is 14.4 Å². The van der Waals surface area contributed by atoms with Crippen LogP contribution in [-0.4, -0.2) is 17.7 Å². The Morgan fingerprint density at radius 3 is 2.17 bits per heavy atom. The fourth-order valence-corrected chi connectivity index (χ4v) is 5.00. The van der Waals surface area contributed by atoms with Crippen molar-refractivity contribution in [2.75, 3.05) is 10.2 Å². The molecule has 5 nitrogen and oxygen atoms in total. The van der Waals surface area contributed by atoms with E-state index in [0.29, 0.717) is 11.3 Å². The quantitative estimate of drug-likeness (QED) is 0.643. The third-order valence-electron chi connectivity index (χ3n) is 6.71. The highest BCUT2D eigenvalue weighted by atomic mass is 16.2. The number of imide groups is 1. The van der Waals surface area contributed by atoms with Gasteiger partial charge in [0.1, 0.15) is 0 Å². The highest BCUT2D eigenvalue weighted by Gasteiger charge is 2.59. The minimum absolute atomic E-state index is 0.107. The van der Waals surface area contributed by atoms with E-state index in [4.69, 9.17) is 0 Å². The summed E-state index contributed by atoms with van der Waals surface area (Å²) in [6.07, 6.45) is 5.08. The van der Waals surface area contributed by atoms with Crippen molar-refractivity contribution in [2.24, 2.45) is 23.7 Å². The van der Waals surface area contributed by atoms with Crippen LogP contribution in [0.4, 0.5) is 11.4 Å². The standard InChI is InChI=1S/C24H22N2O3/c1-13-4-3-5-19(14(13)2)25-22(27)15-8-10-18(11-9-15)26-23(28)20-16-6-7-17(12-16)21(20)24(26)29/h3-11,16-17,20-21H,12H2,1-2H3,(H,25,27)/t16-,17-,20-,21-/m0/s1. The number of hydrogen-bond donors (Lipinski definition) is 1. The number of carbonyl (C=O) groups is 3. The Bertz CT molecular complexity index is 1040. The third-order valence-corrected chi connectivity index (χ3v) is 6.71. The number of rotatable bonds is 3. The first-order valence-corrected chi connectivity index (χ1v) is 9.99. The van der Waals surface area contributed by atoms with E-state index in [9.17, 15) is 14.4 Å². The lowest BCUT2D eigenvalue weighted by Crippen LogP contribution is -2.32. The van der Waals surface area contributed by atoms with E-state index in [1.54, 1.807) is 24.3 Å². The Balaban J connectivity index is 1.36. The van der Waals surface area contributed by atoms with Crippen LogP contribution in [-0.2, 0) is 9.59 Å². The van der Waals surface area contributed by atoms with Crippen LogP contribution in [0.3, 0.4) is 0 Å². The number of carbonyl (C=O) groups excluding carboxylic acids is 3. The van der Waals surface area contributed by atoms with Gasteiger partial charge in [-0.3, -0.25) is 19.3 Å². The lowest BCUT2D eigenvalue weighted by molar-refractivity contribution is -0.123. The highest BCUT2D eigenvalue weighted by Crippen LogP contribution is 2.53. The fraction of sp³-hybridized carbons (Fsp3) is 0.292. The Morgan fingerprint density at radius 1 is 0.931 bits per heavy atom. The topological polar surface area (TPSA) is 66.5 Å². The minimum Gasteiger partial charge on any atom is -0.322 e. The number of allylic oxidation sites excluding steroid dienone is 2. The predicted octanol–water partition coefficient (Wildman–Crippen LogP) is 3.87. The largest absolute Gasteiger partial charge is 0.322 e. The molecule has 5 rings (SSSR count). The fourth-order valence-electron chi connectivity index (χ4n) is 5.00. The molecular weight excluding hydrogens is 364 g/mol. The molecule has 2 aromatic rings. The SMILES string of the molecule is Cc1cccc(NC(=O)c2ccc(N3C(=O)[C@@H]4[C@@H](C3=O)[C@H]3C=C[C@H]4C3)cc2)c1C. The highest BCUT2D eigenvalue weighted by molar-refractivity contribution is 6.23. The molecule has 2 aliphatic carbocycles. The first-order chi connectivity index (χ1) is 14.0. The number of benzene rings is 2. The number of hydrogen-bond acceptors (Lipinski definition) is 3. The zero-order chi connectivity index (χ0) is 20.3. The van der Waals surface area contributed by atoms with E-state index in [2.05, 4.69) is 17.5 Å². The number of nitrogens with one attached hydrogen (secondary N) is 1. The minimum atomic E-state index is -0.219. The number of nitrogens with zero attached hydrogens (tertiary/aromatic N) is 1. The molecule has 4 atom stereocenters. The molecule has 2 fully saturated rings. The van der Waals surface area contributed by atoms with E-state index in [0.717, 1.165) is 23.2 Å². The van der Waals surface area contributed by atoms with Crippen molar-refractivity contribution in [1.82, 2.24) is 0 Å². The molecule has 2 aromatic carbocycles. The zero-order valence-corrected chi connectivity index (χ0v) is 16.4. The summed E-state index contributed by atoms with van der Waals surface area (Å²) >= 11 is 0. The van der Waals surface area contributed by atoms with Gasteiger partial charge in [0.25, 0.3) is 5.91 Å². The van der Waals surface area contributed by atoms with Gasteiger partial charge in [-0.25, -0.2) is 0 Å². The number of aryl methyl sites for hydroxylation is 1. The lowest BCUT2D eigenvalue weighted by atomic mass is 9.85. The number of anilines is 2. The van der Waals surface area contributed by atoms with E-state index < -0.39 is 0 Å². The molecule has 1 aliphatic heterocycles. The predicted molar refractivity (Wildman–Crippen MR) is 111 cm³/mol. The smallest absolute Gasteiger partial charge is 0.255 e. The Morgan fingerprint density at radius 2 is 1.55 bits per heavy atom. The van der Waals surface area contributed by atoms with Crippen molar-refractivity contribution in [3.05, 3.63) is 71.3 Å². The molecule has 3 amide bonds. The van der Waals surface area contributed by atoms with Crippen LogP contribution in [0.5, 0.6) is 0 Å². The van der Waals surface area contributed by atoms with Gasteiger partial charge < -0.3 is 5.32 Å². The van der Waals surface area contributed by atoms with Crippen LogP contribution in [0.1, 0.15) is 27.9 Å². The second kappa shape index (κ2) is 6.41. The van der Waals surface area contributed by atoms with Gasteiger partial charge in [-0.2, -0.15) is 0 Å². The van der Waals surface area contributed by atoms with E-state index in [-0.39, 0.29) is 41.4 Å². The Labute approximate surface area is 169 Å². The van der Waals surface area contributed by atoms with Crippen LogP contribution >= 0.6 is 0 Å².